The van der Waals surface area contributed by atoms with Crippen LogP contribution >= 0.6 is 0 Å². The summed E-state index contributed by atoms with van der Waals surface area (Å²) >= 11 is 0. The lowest BCUT2D eigenvalue weighted by Crippen LogP contribution is -2.51. The van der Waals surface area contributed by atoms with Gasteiger partial charge in [-0.3, -0.25) is 0 Å². The Balaban J connectivity index is 1.95. The molecule has 0 spiro atoms. The summed E-state index contributed by atoms with van der Waals surface area (Å²) in [6.07, 6.45) is 2.44. The molecule has 3 rings (SSSR count). The highest BCUT2D eigenvalue weighted by Gasteiger charge is 2.40. The molecule has 3 N–H and O–H groups in total. The van der Waals surface area contributed by atoms with Crippen molar-refractivity contribution in [3.63, 3.8) is 0 Å². The van der Waals surface area contributed by atoms with Crippen LogP contribution in [0.2, 0.25) is 0 Å². The maximum absolute atomic E-state index is 5.57. The summed E-state index contributed by atoms with van der Waals surface area (Å²) in [6.45, 7) is 1.95. The predicted molar refractivity (Wildman–Crippen MR) is 54.2 cm³/mol. The molecule has 0 amide bonds. The molecule has 2 aliphatic rings. The third kappa shape index (κ3) is 1.14. The van der Waals surface area contributed by atoms with E-state index in [9.17, 15) is 0 Å². The minimum atomic E-state index is 0.782. The number of fused-ring (bicyclic) bond motifs is 1. The van der Waals surface area contributed by atoms with E-state index in [-0.39, 0.29) is 0 Å². The highest BCUT2D eigenvalue weighted by Crippen LogP contribution is 2.49. The minimum absolute atomic E-state index is 0.782. The Morgan fingerprint density at radius 3 is 3.14 bits per heavy atom. The molecule has 1 saturated carbocycles. The van der Waals surface area contributed by atoms with Crippen LogP contribution in [0, 0.1) is 5.92 Å². The van der Waals surface area contributed by atoms with Crippen LogP contribution in [0.15, 0.2) is 18.2 Å². The van der Waals surface area contributed by atoms with Crippen molar-refractivity contribution in [1.82, 2.24) is 0 Å². The first-order valence-corrected chi connectivity index (χ1v) is 5.44. The van der Waals surface area contributed by atoms with Gasteiger partial charge >= 0.3 is 0 Å². The van der Waals surface area contributed by atoms with Crippen molar-refractivity contribution >= 4 is 0 Å². The molecule has 74 valence electrons. The number of quaternary nitrogens is 1. The van der Waals surface area contributed by atoms with Gasteiger partial charge in [0.25, 0.3) is 0 Å². The molecular formula is C12H16NO+. The lowest BCUT2D eigenvalue weighted by atomic mass is 10.00. The van der Waals surface area contributed by atoms with Crippen LogP contribution in [0.4, 0.5) is 0 Å². The molecule has 0 radical (unpaired) electrons. The smallest absolute Gasteiger partial charge is 0.122 e. The van der Waals surface area contributed by atoms with Crippen molar-refractivity contribution in [2.45, 2.75) is 18.8 Å². The minimum Gasteiger partial charge on any atom is -0.493 e. The normalized spacial score (nSPS) is 28.4. The number of rotatable bonds is 2. The molecule has 14 heavy (non-hydrogen) atoms. The summed E-state index contributed by atoms with van der Waals surface area (Å²) in [4.78, 5) is 0. The van der Waals surface area contributed by atoms with Gasteiger partial charge in [-0.25, -0.2) is 0 Å². The molecule has 1 aliphatic carbocycles. The molecule has 1 aliphatic heterocycles. The van der Waals surface area contributed by atoms with E-state index in [1.165, 1.54) is 17.5 Å². The summed E-state index contributed by atoms with van der Waals surface area (Å²) in [5, 5.41) is 0. The van der Waals surface area contributed by atoms with E-state index < -0.39 is 0 Å². The van der Waals surface area contributed by atoms with E-state index in [1.807, 2.05) is 0 Å². The van der Waals surface area contributed by atoms with Gasteiger partial charge in [0.15, 0.2) is 0 Å². The standard InChI is InChI=1S/C12H15NO/c13-7-8-6-11(8)9-2-1-3-12-10(9)4-5-14-12/h1-3,8,11H,4-7,13H2/p+1. The van der Waals surface area contributed by atoms with Gasteiger partial charge in [-0.1, -0.05) is 12.1 Å². The highest BCUT2D eigenvalue weighted by atomic mass is 16.5. The monoisotopic (exact) mass is 190 g/mol. The zero-order chi connectivity index (χ0) is 9.54. The molecular weight excluding hydrogens is 174 g/mol. The lowest BCUT2D eigenvalue weighted by molar-refractivity contribution is -0.372. The molecule has 2 heteroatoms. The van der Waals surface area contributed by atoms with Gasteiger partial charge in [-0.15, -0.1) is 0 Å². The Hall–Kier alpha value is -1.02. The Morgan fingerprint density at radius 1 is 1.43 bits per heavy atom. The first-order chi connectivity index (χ1) is 6.90. The first-order valence-electron chi connectivity index (χ1n) is 5.44. The molecule has 2 nitrogen and oxygen atoms in total. The van der Waals surface area contributed by atoms with Gasteiger partial charge in [-0.2, -0.15) is 0 Å². The van der Waals surface area contributed by atoms with Crippen molar-refractivity contribution < 1.29 is 10.5 Å². The Morgan fingerprint density at radius 2 is 2.36 bits per heavy atom. The number of ether oxygens (including phenoxy) is 1. The third-order valence-electron chi connectivity index (χ3n) is 3.47. The average Bonchev–Trinajstić information content (AvgIpc) is 2.85. The summed E-state index contributed by atoms with van der Waals surface area (Å²) in [7, 11) is 0. The van der Waals surface area contributed by atoms with Crippen LogP contribution in [0.1, 0.15) is 23.5 Å². The predicted octanol–water partition coefficient (Wildman–Crippen LogP) is 0.967. The summed E-state index contributed by atoms with van der Waals surface area (Å²) in [5.74, 6) is 2.74. The molecule has 0 saturated heterocycles. The molecule has 0 bridgehead atoms. The number of hydrogen-bond donors (Lipinski definition) is 1. The van der Waals surface area contributed by atoms with Gasteiger partial charge in [0.1, 0.15) is 5.75 Å². The fraction of sp³-hybridized carbons (Fsp3) is 0.500. The van der Waals surface area contributed by atoms with Crippen molar-refractivity contribution in [3.05, 3.63) is 29.3 Å². The average molecular weight is 190 g/mol. The molecule has 0 aromatic heterocycles. The molecule has 1 aromatic rings. The van der Waals surface area contributed by atoms with Crippen LogP contribution in [0.5, 0.6) is 5.75 Å². The van der Waals surface area contributed by atoms with Crippen LogP contribution in [0.3, 0.4) is 0 Å². The fourth-order valence-electron chi connectivity index (χ4n) is 2.54. The quantitative estimate of drug-likeness (QED) is 0.741. The maximum atomic E-state index is 5.57. The highest BCUT2D eigenvalue weighted by molar-refractivity contribution is 5.46. The topological polar surface area (TPSA) is 36.9 Å². The summed E-state index contributed by atoms with van der Waals surface area (Å²) < 4.78 is 5.57. The van der Waals surface area contributed by atoms with Gasteiger partial charge in [0.2, 0.25) is 0 Å². The van der Waals surface area contributed by atoms with Crippen molar-refractivity contribution in [1.29, 1.82) is 0 Å². The summed E-state index contributed by atoms with van der Waals surface area (Å²) in [6, 6.07) is 6.49. The van der Waals surface area contributed by atoms with Gasteiger partial charge in [0, 0.05) is 17.9 Å². The Bertz CT molecular complexity index is 361. The first kappa shape index (κ1) is 8.30. The molecule has 2 unspecified atom stereocenters. The van der Waals surface area contributed by atoms with E-state index in [0.717, 1.165) is 37.2 Å². The van der Waals surface area contributed by atoms with Crippen LogP contribution in [-0.4, -0.2) is 13.2 Å². The van der Waals surface area contributed by atoms with Crippen molar-refractivity contribution in [3.8, 4) is 5.75 Å². The van der Waals surface area contributed by atoms with Crippen LogP contribution in [-0.2, 0) is 6.42 Å². The second-order valence-electron chi connectivity index (χ2n) is 4.31. The number of benzene rings is 1. The van der Waals surface area contributed by atoms with E-state index in [0.29, 0.717) is 0 Å². The molecule has 1 heterocycles. The fourth-order valence-corrected chi connectivity index (χ4v) is 2.54. The van der Waals surface area contributed by atoms with Crippen molar-refractivity contribution in [2.24, 2.45) is 5.92 Å². The summed E-state index contributed by atoms with van der Waals surface area (Å²) in [5.41, 5.74) is 6.99. The Kier molecular flexibility index (Phi) is 1.77. The van der Waals surface area contributed by atoms with E-state index in [4.69, 9.17) is 4.74 Å². The largest absolute Gasteiger partial charge is 0.493 e. The van der Waals surface area contributed by atoms with Gasteiger partial charge in [0.05, 0.1) is 13.2 Å². The van der Waals surface area contributed by atoms with Crippen LogP contribution in [0.25, 0.3) is 0 Å². The van der Waals surface area contributed by atoms with E-state index in [1.54, 1.807) is 0 Å². The van der Waals surface area contributed by atoms with E-state index >= 15 is 0 Å². The van der Waals surface area contributed by atoms with Crippen LogP contribution < -0.4 is 10.5 Å². The lowest BCUT2D eigenvalue weighted by Gasteiger charge is -2.05. The molecule has 2 atom stereocenters. The molecule has 1 fully saturated rings. The van der Waals surface area contributed by atoms with E-state index in [2.05, 4.69) is 23.9 Å². The zero-order valence-corrected chi connectivity index (χ0v) is 8.33. The van der Waals surface area contributed by atoms with Crippen molar-refractivity contribution in [2.75, 3.05) is 13.2 Å². The second kappa shape index (κ2) is 2.99. The number of hydrogen-bond acceptors (Lipinski definition) is 1. The second-order valence-corrected chi connectivity index (χ2v) is 4.31. The Labute approximate surface area is 84.1 Å². The van der Waals surface area contributed by atoms with Gasteiger partial charge < -0.3 is 10.5 Å². The SMILES string of the molecule is [NH3+]CC1CC1c1cccc2c1CCO2. The molecule has 1 aromatic carbocycles. The maximum Gasteiger partial charge on any atom is 0.122 e. The van der Waals surface area contributed by atoms with Gasteiger partial charge in [-0.05, 0) is 24.0 Å². The third-order valence-corrected chi connectivity index (χ3v) is 3.47. The zero-order valence-electron chi connectivity index (χ0n) is 8.33.